The number of rotatable bonds is 4. The SMILES string of the molecule is CCCOC(=O)CC(=O)O.[Na]. The summed E-state index contributed by atoms with van der Waals surface area (Å²) in [6.07, 6.45) is 0.172. The van der Waals surface area contributed by atoms with Crippen LogP contribution in [-0.4, -0.2) is 53.2 Å². The maximum absolute atomic E-state index is 10.4. The average molecular weight is 169 g/mol. The summed E-state index contributed by atoms with van der Waals surface area (Å²) in [5, 5.41) is 8.08. The molecule has 0 aromatic heterocycles. The summed E-state index contributed by atoms with van der Waals surface area (Å²) in [6.45, 7) is 2.14. The molecule has 0 atom stereocenters. The molecule has 1 N–H and O–H groups in total. The molecule has 0 aliphatic heterocycles. The summed E-state index contributed by atoms with van der Waals surface area (Å²) < 4.78 is 4.48. The van der Waals surface area contributed by atoms with Crippen LogP contribution in [0.3, 0.4) is 0 Å². The molecule has 0 fully saturated rings. The smallest absolute Gasteiger partial charge is 0.317 e. The van der Waals surface area contributed by atoms with E-state index in [0.717, 1.165) is 0 Å². The van der Waals surface area contributed by atoms with Crippen molar-refractivity contribution in [2.45, 2.75) is 19.8 Å². The molecule has 0 heterocycles. The second-order valence-electron chi connectivity index (χ2n) is 1.79. The largest absolute Gasteiger partial charge is 0.481 e. The van der Waals surface area contributed by atoms with E-state index in [1.807, 2.05) is 6.92 Å². The topological polar surface area (TPSA) is 63.6 Å². The van der Waals surface area contributed by atoms with Gasteiger partial charge in [0.05, 0.1) is 6.61 Å². The van der Waals surface area contributed by atoms with Gasteiger partial charge in [-0.1, -0.05) is 6.92 Å². The van der Waals surface area contributed by atoms with Crippen molar-refractivity contribution in [1.29, 1.82) is 0 Å². The number of aliphatic carboxylic acids is 1. The molecule has 0 aliphatic carbocycles. The number of hydrogen-bond donors (Lipinski definition) is 1. The van der Waals surface area contributed by atoms with Crippen molar-refractivity contribution in [3.05, 3.63) is 0 Å². The van der Waals surface area contributed by atoms with Crippen LogP contribution < -0.4 is 0 Å². The second-order valence-corrected chi connectivity index (χ2v) is 1.79. The number of carbonyl (C=O) groups excluding carboxylic acids is 1. The van der Waals surface area contributed by atoms with Gasteiger partial charge in [0.15, 0.2) is 0 Å². The van der Waals surface area contributed by atoms with Crippen molar-refractivity contribution in [1.82, 2.24) is 0 Å². The molecule has 11 heavy (non-hydrogen) atoms. The number of carbonyl (C=O) groups is 2. The van der Waals surface area contributed by atoms with Gasteiger partial charge in [0, 0.05) is 29.6 Å². The van der Waals surface area contributed by atoms with Gasteiger partial charge in [-0.2, -0.15) is 0 Å². The molecule has 0 amide bonds. The predicted octanol–water partition coefficient (Wildman–Crippen LogP) is 0.0335. The summed E-state index contributed by atoms with van der Waals surface area (Å²) in [4.78, 5) is 20.3. The van der Waals surface area contributed by atoms with Gasteiger partial charge in [0.2, 0.25) is 0 Å². The third-order valence-corrected chi connectivity index (χ3v) is 0.763. The molecular formula is C6H10NaO4. The van der Waals surface area contributed by atoms with Crippen LogP contribution in [0.1, 0.15) is 19.8 Å². The Morgan fingerprint density at radius 2 is 2.00 bits per heavy atom. The molecule has 0 saturated heterocycles. The third kappa shape index (κ3) is 9.94. The molecule has 0 spiro atoms. The first-order valence-electron chi connectivity index (χ1n) is 3.04. The fraction of sp³-hybridized carbons (Fsp3) is 0.667. The van der Waals surface area contributed by atoms with Crippen LogP contribution in [0.4, 0.5) is 0 Å². The Morgan fingerprint density at radius 3 is 2.36 bits per heavy atom. The van der Waals surface area contributed by atoms with Gasteiger partial charge < -0.3 is 9.84 Å². The minimum absolute atomic E-state index is 0. The molecule has 1 radical (unpaired) electrons. The molecule has 0 bridgehead atoms. The van der Waals surface area contributed by atoms with E-state index >= 15 is 0 Å². The Hall–Kier alpha value is -0.0600. The van der Waals surface area contributed by atoms with Gasteiger partial charge in [-0.15, -0.1) is 0 Å². The van der Waals surface area contributed by atoms with Gasteiger partial charge in [-0.05, 0) is 6.42 Å². The van der Waals surface area contributed by atoms with Crippen molar-refractivity contribution in [2.75, 3.05) is 6.61 Å². The van der Waals surface area contributed by atoms with Crippen LogP contribution in [0.5, 0.6) is 0 Å². The van der Waals surface area contributed by atoms with Crippen molar-refractivity contribution < 1.29 is 19.4 Å². The molecule has 4 nitrogen and oxygen atoms in total. The number of hydrogen-bond acceptors (Lipinski definition) is 3. The molecule has 59 valence electrons. The summed E-state index contributed by atoms with van der Waals surface area (Å²) in [5.41, 5.74) is 0. The second kappa shape index (κ2) is 8.04. The number of ether oxygens (including phenoxy) is 1. The summed E-state index contributed by atoms with van der Waals surface area (Å²) in [7, 11) is 0. The third-order valence-electron chi connectivity index (χ3n) is 0.763. The fourth-order valence-electron chi connectivity index (χ4n) is 0.390. The molecule has 0 aliphatic rings. The predicted molar refractivity (Wildman–Crippen MR) is 39.3 cm³/mol. The van der Waals surface area contributed by atoms with E-state index < -0.39 is 18.4 Å². The van der Waals surface area contributed by atoms with E-state index in [1.165, 1.54) is 0 Å². The summed E-state index contributed by atoms with van der Waals surface area (Å²) in [5.74, 6) is -1.82. The van der Waals surface area contributed by atoms with E-state index in [1.54, 1.807) is 0 Å². The molecule has 0 saturated carbocycles. The Balaban J connectivity index is 0. The van der Waals surface area contributed by atoms with Crippen LogP contribution in [0.25, 0.3) is 0 Å². The molecule has 5 heteroatoms. The summed E-state index contributed by atoms with van der Waals surface area (Å²) in [6, 6.07) is 0. The maximum atomic E-state index is 10.4. The number of carboxylic acid groups (broad SMARTS) is 1. The Labute approximate surface area is 87.2 Å². The number of carboxylic acids is 1. The molecule has 0 rings (SSSR count). The van der Waals surface area contributed by atoms with Crippen molar-refractivity contribution in [2.24, 2.45) is 0 Å². The zero-order valence-corrected chi connectivity index (χ0v) is 8.79. The van der Waals surface area contributed by atoms with Crippen LogP contribution in [0, 0.1) is 0 Å². The first kappa shape index (κ1) is 13.5. The quantitative estimate of drug-likeness (QED) is 0.366. The van der Waals surface area contributed by atoms with Gasteiger partial charge in [-0.3, -0.25) is 9.59 Å². The van der Waals surface area contributed by atoms with E-state index in [4.69, 9.17) is 5.11 Å². The zero-order valence-electron chi connectivity index (χ0n) is 6.79. The van der Waals surface area contributed by atoms with Gasteiger partial charge >= 0.3 is 11.9 Å². The Morgan fingerprint density at radius 1 is 1.45 bits per heavy atom. The monoisotopic (exact) mass is 169 g/mol. The van der Waals surface area contributed by atoms with E-state index in [2.05, 4.69) is 4.74 Å². The molecule has 0 aromatic carbocycles. The minimum atomic E-state index is -1.15. The standard InChI is InChI=1S/C6H10O4.Na/c1-2-3-10-6(9)4-5(7)8;/h2-4H2,1H3,(H,7,8);. The average Bonchev–Trinajstić information content (AvgIpc) is 1.82. The fourth-order valence-corrected chi connectivity index (χ4v) is 0.390. The molecule has 0 aromatic rings. The van der Waals surface area contributed by atoms with Crippen LogP contribution in [0.15, 0.2) is 0 Å². The van der Waals surface area contributed by atoms with E-state index in [0.29, 0.717) is 13.0 Å². The molecule has 0 unspecified atom stereocenters. The van der Waals surface area contributed by atoms with Gasteiger partial charge in [0.25, 0.3) is 0 Å². The Bertz CT molecular complexity index is 135. The van der Waals surface area contributed by atoms with E-state index in [9.17, 15) is 9.59 Å². The maximum Gasteiger partial charge on any atom is 0.317 e. The van der Waals surface area contributed by atoms with Crippen molar-refractivity contribution in [3.63, 3.8) is 0 Å². The van der Waals surface area contributed by atoms with Gasteiger partial charge in [0.1, 0.15) is 6.42 Å². The van der Waals surface area contributed by atoms with Crippen molar-refractivity contribution in [3.8, 4) is 0 Å². The van der Waals surface area contributed by atoms with Crippen LogP contribution in [0.2, 0.25) is 0 Å². The minimum Gasteiger partial charge on any atom is -0.481 e. The first-order chi connectivity index (χ1) is 4.66. The van der Waals surface area contributed by atoms with Gasteiger partial charge in [-0.25, -0.2) is 0 Å². The number of esters is 1. The molecular weight excluding hydrogens is 159 g/mol. The normalized spacial score (nSPS) is 8.09. The van der Waals surface area contributed by atoms with Crippen LogP contribution >= 0.6 is 0 Å². The first-order valence-corrected chi connectivity index (χ1v) is 3.04. The van der Waals surface area contributed by atoms with Crippen LogP contribution in [-0.2, 0) is 14.3 Å². The summed E-state index contributed by atoms with van der Waals surface area (Å²) >= 11 is 0. The van der Waals surface area contributed by atoms with E-state index in [-0.39, 0.29) is 29.6 Å². The Kier molecular flexibility index (Phi) is 9.89. The zero-order chi connectivity index (χ0) is 7.98. The van der Waals surface area contributed by atoms with Crippen molar-refractivity contribution >= 4 is 41.5 Å².